The van der Waals surface area contributed by atoms with Gasteiger partial charge in [-0.1, -0.05) is 50.6 Å². The van der Waals surface area contributed by atoms with E-state index < -0.39 is 0 Å². The molecule has 5 nitrogen and oxygen atoms in total. The van der Waals surface area contributed by atoms with Crippen molar-refractivity contribution in [3.05, 3.63) is 42.1 Å². The van der Waals surface area contributed by atoms with Crippen LogP contribution in [0.2, 0.25) is 0 Å². The lowest BCUT2D eigenvalue weighted by Gasteiger charge is -2.17. The van der Waals surface area contributed by atoms with E-state index in [-0.39, 0.29) is 5.91 Å². The Morgan fingerprint density at radius 2 is 1.88 bits per heavy atom. The highest BCUT2D eigenvalue weighted by molar-refractivity contribution is 5.93. The number of hydrogen-bond acceptors (Lipinski definition) is 4. The number of carbonyl (C=O) groups is 1. The molecule has 2 aromatic rings. The number of unbranched alkanes of at least 4 members (excludes halogenated alkanes) is 1. The number of benzene rings is 1. The van der Waals surface area contributed by atoms with E-state index in [4.69, 9.17) is 0 Å². The SMILES string of the molecule is CCCCN(C)C(=O)c1cc(NCCC)nc(-c2ccccc2)n1. The van der Waals surface area contributed by atoms with E-state index in [2.05, 4.69) is 29.1 Å². The molecule has 5 heteroatoms. The van der Waals surface area contributed by atoms with E-state index in [9.17, 15) is 4.79 Å². The number of amides is 1. The van der Waals surface area contributed by atoms with Crippen LogP contribution in [0.4, 0.5) is 5.82 Å². The van der Waals surface area contributed by atoms with Crippen LogP contribution < -0.4 is 5.32 Å². The molecule has 0 saturated heterocycles. The molecular formula is C19H26N4O. The lowest BCUT2D eigenvalue weighted by molar-refractivity contribution is 0.0787. The van der Waals surface area contributed by atoms with Crippen LogP contribution in [0.15, 0.2) is 36.4 Å². The molecule has 1 aromatic heterocycles. The van der Waals surface area contributed by atoms with Gasteiger partial charge in [0.1, 0.15) is 11.5 Å². The van der Waals surface area contributed by atoms with Gasteiger partial charge in [-0.3, -0.25) is 4.79 Å². The van der Waals surface area contributed by atoms with Crippen molar-refractivity contribution in [3.63, 3.8) is 0 Å². The van der Waals surface area contributed by atoms with E-state index in [0.717, 1.165) is 37.9 Å². The van der Waals surface area contributed by atoms with Crippen LogP contribution in [0.5, 0.6) is 0 Å². The first kappa shape index (κ1) is 17.9. The van der Waals surface area contributed by atoms with Crippen molar-refractivity contribution in [2.24, 2.45) is 0 Å². The average molecular weight is 326 g/mol. The topological polar surface area (TPSA) is 58.1 Å². The number of hydrogen-bond donors (Lipinski definition) is 1. The quantitative estimate of drug-likeness (QED) is 0.801. The zero-order valence-electron chi connectivity index (χ0n) is 14.7. The first-order valence-corrected chi connectivity index (χ1v) is 8.59. The molecule has 1 heterocycles. The van der Waals surface area contributed by atoms with Gasteiger partial charge in [0.2, 0.25) is 0 Å². The third kappa shape index (κ3) is 4.78. The first-order chi connectivity index (χ1) is 11.7. The van der Waals surface area contributed by atoms with E-state index >= 15 is 0 Å². The zero-order valence-corrected chi connectivity index (χ0v) is 14.7. The third-order valence-electron chi connectivity index (χ3n) is 3.73. The van der Waals surface area contributed by atoms with Gasteiger partial charge in [-0.15, -0.1) is 0 Å². The van der Waals surface area contributed by atoms with Gasteiger partial charge in [0.25, 0.3) is 5.91 Å². The van der Waals surface area contributed by atoms with Crippen LogP contribution in [-0.4, -0.2) is 40.9 Å². The molecule has 128 valence electrons. The number of rotatable bonds is 8. The summed E-state index contributed by atoms with van der Waals surface area (Å²) in [5.41, 5.74) is 1.34. The van der Waals surface area contributed by atoms with Crippen molar-refractivity contribution in [2.45, 2.75) is 33.1 Å². The predicted molar refractivity (Wildman–Crippen MR) is 98.1 cm³/mol. The van der Waals surface area contributed by atoms with Gasteiger partial charge in [0.15, 0.2) is 5.82 Å². The van der Waals surface area contributed by atoms with Gasteiger partial charge >= 0.3 is 0 Å². The molecule has 1 amide bonds. The maximum Gasteiger partial charge on any atom is 0.272 e. The Kier molecular flexibility index (Phi) is 6.73. The summed E-state index contributed by atoms with van der Waals surface area (Å²) in [5.74, 6) is 1.20. The summed E-state index contributed by atoms with van der Waals surface area (Å²) in [6.07, 6.45) is 3.03. The fourth-order valence-corrected chi connectivity index (χ4v) is 2.31. The highest BCUT2D eigenvalue weighted by Gasteiger charge is 2.16. The molecule has 0 saturated carbocycles. The van der Waals surface area contributed by atoms with Crippen LogP contribution in [0.25, 0.3) is 11.4 Å². The van der Waals surface area contributed by atoms with Crippen molar-refractivity contribution in [3.8, 4) is 11.4 Å². The first-order valence-electron chi connectivity index (χ1n) is 8.59. The molecule has 2 rings (SSSR count). The summed E-state index contributed by atoms with van der Waals surface area (Å²) in [7, 11) is 1.82. The largest absolute Gasteiger partial charge is 0.370 e. The molecule has 0 aliphatic carbocycles. The Morgan fingerprint density at radius 1 is 1.12 bits per heavy atom. The second-order valence-corrected chi connectivity index (χ2v) is 5.84. The van der Waals surface area contributed by atoms with Crippen LogP contribution in [0, 0.1) is 0 Å². The van der Waals surface area contributed by atoms with E-state index in [1.807, 2.05) is 37.4 Å². The number of nitrogens with zero attached hydrogens (tertiary/aromatic N) is 3. The molecule has 0 radical (unpaired) electrons. The molecule has 0 fully saturated rings. The lowest BCUT2D eigenvalue weighted by atomic mass is 10.2. The average Bonchev–Trinajstić information content (AvgIpc) is 2.64. The lowest BCUT2D eigenvalue weighted by Crippen LogP contribution is -2.28. The predicted octanol–water partition coefficient (Wildman–Crippen LogP) is 3.84. The molecule has 0 bridgehead atoms. The van der Waals surface area contributed by atoms with E-state index in [1.54, 1.807) is 11.0 Å². The van der Waals surface area contributed by atoms with Crippen molar-refractivity contribution in [1.82, 2.24) is 14.9 Å². The highest BCUT2D eigenvalue weighted by atomic mass is 16.2. The monoisotopic (exact) mass is 326 g/mol. The van der Waals surface area contributed by atoms with Crippen molar-refractivity contribution in [2.75, 3.05) is 25.5 Å². The zero-order chi connectivity index (χ0) is 17.4. The minimum Gasteiger partial charge on any atom is -0.370 e. The Hall–Kier alpha value is -2.43. The highest BCUT2D eigenvalue weighted by Crippen LogP contribution is 2.18. The van der Waals surface area contributed by atoms with Crippen LogP contribution >= 0.6 is 0 Å². The maximum atomic E-state index is 12.7. The van der Waals surface area contributed by atoms with Gasteiger partial charge < -0.3 is 10.2 Å². The summed E-state index contributed by atoms with van der Waals surface area (Å²) < 4.78 is 0. The van der Waals surface area contributed by atoms with Crippen LogP contribution in [0.3, 0.4) is 0 Å². The fourth-order valence-electron chi connectivity index (χ4n) is 2.31. The minimum atomic E-state index is -0.0671. The molecule has 0 spiro atoms. The van der Waals surface area contributed by atoms with Gasteiger partial charge in [-0.2, -0.15) is 0 Å². The molecular weight excluding hydrogens is 300 g/mol. The van der Waals surface area contributed by atoms with Crippen molar-refractivity contribution in [1.29, 1.82) is 0 Å². The van der Waals surface area contributed by atoms with E-state index in [1.165, 1.54) is 0 Å². The molecule has 0 aliphatic heterocycles. The summed E-state index contributed by atoms with van der Waals surface area (Å²) in [4.78, 5) is 23.4. The normalized spacial score (nSPS) is 10.5. The molecule has 0 unspecified atom stereocenters. The third-order valence-corrected chi connectivity index (χ3v) is 3.73. The number of aromatic nitrogens is 2. The molecule has 1 aromatic carbocycles. The Morgan fingerprint density at radius 3 is 2.54 bits per heavy atom. The maximum absolute atomic E-state index is 12.7. The summed E-state index contributed by atoms with van der Waals surface area (Å²) in [6.45, 7) is 5.75. The molecule has 0 atom stereocenters. The van der Waals surface area contributed by atoms with Gasteiger partial charge in [-0.05, 0) is 12.8 Å². The Balaban J connectivity index is 2.34. The van der Waals surface area contributed by atoms with Crippen LogP contribution in [0.1, 0.15) is 43.6 Å². The van der Waals surface area contributed by atoms with Gasteiger partial charge in [0, 0.05) is 31.8 Å². The summed E-state index contributed by atoms with van der Waals surface area (Å²) in [6, 6.07) is 11.5. The minimum absolute atomic E-state index is 0.0671. The van der Waals surface area contributed by atoms with Gasteiger partial charge in [-0.25, -0.2) is 9.97 Å². The number of anilines is 1. The standard InChI is InChI=1S/C19H26N4O/c1-4-6-13-23(3)19(24)16-14-17(20-12-5-2)22-18(21-16)15-10-8-7-9-11-15/h7-11,14H,4-6,12-13H2,1-3H3,(H,20,21,22). The number of nitrogens with one attached hydrogen (secondary N) is 1. The smallest absolute Gasteiger partial charge is 0.272 e. The second kappa shape index (κ2) is 9.01. The van der Waals surface area contributed by atoms with Crippen molar-refractivity contribution < 1.29 is 4.79 Å². The van der Waals surface area contributed by atoms with Gasteiger partial charge in [0.05, 0.1) is 0 Å². The second-order valence-electron chi connectivity index (χ2n) is 5.84. The summed E-state index contributed by atoms with van der Waals surface area (Å²) in [5, 5.41) is 3.26. The van der Waals surface area contributed by atoms with Crippen molar-refractivity contribution >= 4 is 11.7 Å². The van der Waals surface area contributed by atoms with E-state index in [0.29, 0.717) is 17.3 Å². The molecule has 0 aliphatic rings. The fraction of sp³-hybridized carbons (Fsp3) is 0.421. The number of carbonyl (C=O) groups excluding carboxylic acids is 1. The van der Waals surface area contributed by atoms with Crippen LogP contribution in [-0.2, 0) is 0 Å². The Labute approximate surface area is 144 Å². The Bertz CT molecular complexity index is 658. The molecule has 24 heavy (non-hydrogen) atoms. The molecule has 1 N–H and O–H groups in total. The summed E-state index contributed by atoms with van der Waals surface area (Å²) >= 11 is 0.